The van der Waals surface area contributed by atoms with Crippen molar-refractivity contribution in [3.63, 3.8) is 0 Å². The zero-order valence-corrected chi connectivity index (χ0v) is 23.1. The second-order valence-corrected chi connectivity index (χ2v) is 11.6. The Morgan fingerprint density at radius 2 is 1.70 bits per heavy atom. The second-order valence-electron chi connectivity index (χ2n) is 9.72. The molecule has 0 spiro atoms. The van der Waals surface area contributed by atoms with Crippen LogP contribution in [0.4, 0.5) is 5.69 Å². The molecular formula is C28H39N3O5S. The van der Waals surface area contributed by atoms with Gasteiger partial charge in [0.25, 0.3) is 0 Å². The quantitative estimate of drug-likeness (QED) is 0.474. The number of methoxy groups -OCH3 is 1. The summed E-state index contributed by atoms with van der Waals surface area (Å²) in [5.74, 6) is -0.312. The van der Waals surface area contributed by atoms with E-state index in [9.17, 15) is 18.0 Å². The molecule has 8 nitrogen and oxygen atoms in total. The minimum Gasteiger partial charge on any atom is -0.495 e. The largest absolute Gasteiger partial charge is 0.495 e. The van der Waals surface area contributed by atoms with Crippen LogP contribution in [0.25, 0.3) is 0 Å². The molecule has 1 atom stereocenters. The van der Waals surface area contributed by atoms with Crippen LogP contribution in [-0.2, 0) is 26.2 Å². The predicted octanol–water partition coefficient (Wildman–Crippen LogP) is 4.03. The van der Waals surface area contributed by atoms with Gasteiger partial charge in [-0.05, 0) is 43.9 Å². The van der Waals surface area contributed by atoms with Crippen molar-refractivity contribution in [1.82, 2.24) is 10.2 Å². The van der Waals surface area contributed by atoms with E-state index >= 15 is 0 Å². The number of hydrogen-bond acceptors (Lipinski definition) is 5. The Hall–Kier alpha value is -3.07. The van der Waals surface area contributed by atoms with Crippen molar-refractivity contribution in [3.05, 3.63) is 59.7 Å². The molecule has 0 unspecified atom stereocenters. The van der Waals surface area contributed by atoms with Crippen molar-refractivity contribution >= 4 is 27.5 Å². The number of anilines is 1. The van der Waals surface area contributed by atoms with Gasteiger partial charge in [-0.3, -0.25) is 13.9 Å². The van der Waals surface area contributed by atoms with Crippen molar-refractivity contribution in [2.24, 2.45) is 0 Å². The van der Waals surface area contributed by atoms with Crippen molar-refractivity contribution in [3.8, 4) is 5.75 Å². The van der Waals surface area contributed by atoms with Crippen LogP contribution >= 0.6 is 0 Å². The predicted molar refractivity (Wildman–Crippen MR) is 146 cm³/mol. The summed E-state index contributed by atoms with van der Waals surface area (Å²) in [5.41, 5.74) is 2.23. The monoisotopic (exact) mass is 529 g/mol. The first-order chi connectivity index (χ1) is 17.6. The van der Waals surface area contributed by atoms with Crippen LogP contribution in [0, 0.1) is 6.92 Å². The van der Waals surface area contributed by atoms with Crippen LogP contribution in [0.5, 0.6) is 5.75 Å². The summed E-state index contributed by atoms with van der Waals surface area (Å²) in [5, 5.41) is 3.15. The van der Waals surface area contributed by atoms with Gasteiger partial charge in [0.05, 0.1) is 19.1 Å². The average Bonchev–Trinajstić information content (AvgIpc) is 2.88. The lowest BCUT2D eigenvalue weighted by Crippen LogP contribution is -2.54. The van der Waals surface area contributed by atoms with Crippen LogP contribution in [0.2, 0.25) is 0 Å². The molecule has 0 aliphatic heterocycles. The number of carbonyl (C=O) groups is 2. The molecule has 0 aromatic heterocycles. The molecule has 0 bridgehead atoms. The van der Waals surface area contributed by atoms with Crippen LogP contribution < -0.4 is 14.4 Å². The van der Waals surface area contributed by atoms with E-state index in [0.29, 0.717) is 12.2 Å². The molecule has 2 aromatic carbocycles. The first kappa shape index (κ1) is 28.5. The summed E-state index contributed by atoms with van der Waals surface area (Å²) in [6.45, 7) is 3.60. The Labute approximate surface area is 221 Å². The standard InChI is InChI=1S/C28H39N3O5S/c1-5-24(28(33)29-23-11-7-6-8-12-23)30(19-22-17-15-21(2)16-18-22)27(32)20-31(37(4,34)35)25-13-9-10-14-26(25)36-3/h9-10,13-18,23-24H,5-8,11-12,19-20H2,1-4H3,(H,29,33)/t24-/m0/s1. The molecule has 1 saturated carbocycles. The van der Waals surface area contributed by atoms with E-state index in [1.54, 1.807) is 24.3 Å². The van der Waals surface area contributed by atoms with Gasteiger partial charge < -0.3 is 15.0 Å². The van der Waals surface area contributed by atoms with Crippen LogP contribution in [0.3, 0.4) is 0 Å². The van der Waals surface area contributed by atoms with E-state index in [2.05, 4.69) is 5.32 Å². The molecular weight excluding hydrogens is 490 g/mol. The van der Waals surface area contributed by atoms with E-state index in [-0.39, 0.29) is 24.2 Å². The molecule has 1 N–H and O–H groups in total. The van der Waals surface area contributed by atoms with Crippen LogP contribution in [0.1, 0.15) is 56.6 Å². The third-order valence-electron chi connectivity index (χ3n) is 6.84. The molecule has 2 amide bonds. The maximum Gasteiger partial charge on any atom is 0.244 e. The maximum atomic E-state index is 13.8. The number of rotatable bonds is 11. The van der Waals surface area contributed by atoms with Gasteiger partial charge in [0.1, 0.15) is 18.3 Å². The first-order valence-corrected chi connectivity index (χ1v) is 14.7. The fraction of sp³-hybridized carbons (Fsp3) is 0.500. The molecule has 9 heteroatoms. The van der Waals surface area contributed by atoms with E-state index in [1.165, 1.54) is 18.4 Å². The first-order valence-electron chi connectivity index (χ1n) is 12.9. The molecule has 202 valence electrons. The molecule has 37 heavy (non-hydrogen) atoms. The van der Waals surface area contributed by atoms with Crippen molar-refractivity contribution < 1.29 is 22.7 Å². The summed E-state index contributed by atoms with van der Waals surface area (Å²) in [4.78, 5) is 28.8. The lowest BCUT2D eigenvalue weighted by Gasteiger charge is -2.34. The molecule has 0 saturated heterocycles. The number of sulfonamides is 1. The third kappa shape index (κ3) is 7.71. The number of benzene rings is 2. The van der Waals surface area contributed by atoms with Gasteiger partial charge in [-0.1, -0.05) is 68.1 Å². The molecule has 3 rings (SSSR count). The van der Waals surface area contributed by atoms with Gasteiger partial charge in [0.2, 0.25) is 21.8 Å². The van der Waals surface area contributed by atoms with E-state index in [4.69, 9.17) is 4.74 Å². The Kier molecular flexibility index (Phi) is 9.97. The van der Waals surface area contributed by atoms with E-state index < -0.39 is 28.5 Å². The molecule has 2 aromatic rings. The molecule has 1 aliphatic rings. The number of carbonyl (C=O) groups excluding carboxylic acids is 2. The summed E-state index contributed by atoms with van der Waals surface area (Å²) in [6, 6.07) is 13.8. The smallest absolute Gasteiger partial charge is 0.244 e. The molecule has 0 heterocycles. The lowest BCUT2D eigenvalue weighted by molar-refractivity contribution is -0.140. The van der Waals surface area contributed by atoms with Gasteiger partial charge in [-0.15, -0.1) is 0 Å². The minimum absolute atomic E-state index is 0.104. The topological polar surface area (TPSA) is 96.0 Å². The zero-order chi connectivity index (χ0) is 27.0. The van der Waals surface area contributed by atoms with Crippen LogP contribution in [-0.4, -0.2) is 57.1 Å². The number of hydrogen-bond donors (Lipinski definition) is 1. The SMILES string of the molecule is CC[C@@H](C(=O)NC1CCCCC1)N(Cc1ccc(C)cc1)C(=O)CN(c1ccccc1OC)S(C)(=O)=O. The van der Waals surface area contributed by atoms with Gasteiger partial charge in [0, 0.05) is 12.6 Å². The summed E-state index contributed by atoms with van der Waals surface area (Å²) >= 11 is 0. The average molecular weight is 530 g/mol. The van der Waals surface area contributed by atoms with Gasteiger partial charge in [-0.25, -0.2) is 8.42 Å². The highest BCUT2D eigenvalue weighted by Crippen LogP contribution is 2.30. The Morgan fingerprint density at radius 3 is 2.30 bits per heavy atom. The fourth-order valence-electron chi connectivity index (χ4n) is 4.78. The Balaban J connectivity index is 1.93. The Morgan fingerprint density at radius 1 is 1.05 bits per heavy atom. The lowest BCUT2D eigenvalue weighted by atomic mass is 9.95. The summed E-state index contributed by atoms with van der Waals surface area (Å²) in [6.07, 6.45) is 6.67. The molecule has 0 radical (unpaired) electrons. The number of para-hydroxylation sites is 2. The molecule has 1 aliphatic carbocycles. The minimum atomic E-state index is -3.83. The zero-order valence-electron chi connectivity index (χ0n) is 22.3. The molecule has 1 fully saturated rings. The number of ether oxygens (including phenoxy) is 1. The van der Waals surface area contributed by atoms with Gasteiger partial charge in [0.15, 0.2) is 0 Å². The third-order valence-corrected chi connectivity index (χ3v) is 7.97. The van der Waals surface area contributed by atoms with Gasteiger partial charge in [-0.2, -0.15) is 0 Å². The normalized spacial score (nSPS) is 15.0. The van der Waals surface area contributed by atoms with Gasteiger partial charge >= 0.3 is 0 Å². The van der Waals surface area contributed by atoms with Crippen molar-refractivity contribution in [2.45, 2.75) is 71.0 Å². The maximum absolute atomic E-state index is 13.8. The number of nitrogens with one attached hydrogen (secondary N) is 1. The Bertz CT molecular complexity index is 1160. The summed E-state index contributed by atoms with van der Waals surface area (Å²) < 4.78 is 32.0. The van der Waals surface area contributed by atoms with Crippen molar-refractivity contribution in [2.75, 3.05) is 24.2 Å². The van der Waals surface area contributed by atoms with Crippen molar-refractivity contribution in [1.29, 1.82) is 0 Å². The number of aryl methyl sites for hydroxylation is 1. The van der Waals surface area contributed by atoms with E-state index in [1.807, 2.05) is 38.1 Å². The number of nitrogens with zero attached hydrogens (tertiary/aromatic N) is 2. The summed E-state index contributed by atoms with van der Waals surface area (Å²) in [7, 11) is -2.38. The van der Waals surface area contributed by atoms with E-state index in [0.717, 1.165) is 47.4 Å². The highest BCUT2D eigenvalue weighted by molar-refractivity contribution is 7.92. The highest BCUT2D eigenvalue weighted by Gasteiger charge is 2.33. The van der Waals surface area contributed by atoms with Crippen LogP contribution in [0.15, 0.2) is 48.5 Å². The highest BCUT2D eigenvalue weighted by atomic mass is 32.2. The fourth-order valence-corrected chi connectivity index (χ4v) is 5.64. The second kappa shape index (κ2) is 12.9. The number of amides is 2.